The third-order valence-electron chi connectivity index (χ3n) is 7.53. The number of hydrogen-bond acceptors (Lipinski definition) is 6. The van der Waals surface area contributed by atoms with Crippen molar-refractivity contribution in [2.24, 2.45) is 5.41 Å². The Morgan fingerprint density at radius 3 is 2.44 bits per heavy atom. The predicted octanol–water partition coefficient (Wildman–Crippen LogP) is 3.51. The first-order valence-corrected chi connectivity index (χ1v) is 13.2. The SMILES string of the molecule is CS(=O)(=O)N1CCC(Nc2ncc3cc(C(F)F)cc(C4CC(F)(F)C5(CNC5)C4)c3n2)CC1. The number of halogens is 4. The molecule has 5 rings (SSSR count). The molecule has 2 aliphatic heterocycles. The molecule has 1 spiro atoms. The molecule has 1 aromatic heterocycles. The van der Waals surface area contributed by atoms with E-state index in [4.69, 9.17) is 0 Å². The minimum atomic E-state index is -3.25. The van der Waals surface area contributed by atoms with Gasteiger partial charge in [0.2, 0.25) is 16.0 Å². The zero-order valence-electron chi connectivity index (χ0n) is 18.7. The molecule has 0 amide bonds. The number of benzene rings is 1. The van der Waals surface area contributed by atoms with Gasteiger partial charge in [0.15, 0.2) is 0 Å². The lowest BCUT2D eigenvalue weighted by Gasteiger charge is -2.43. The van der Waals surface area contributed by atoms with Crippen molar-refractivity contribution in [2.75, 3.05) is 37.8 Å². The van der Waals surface area contributed by atoms with E-state index in [1.165, 1.54) is 28.9 Å². The highest BCUT2D eigenvalue weighted by molar-refractivity contribution is 7.88. The Morgan fingerprint density at radius 1 is 1.18 bits per heavy atom. The molecular formula is C22H27F4N5O2S. The third kappa shape index (κ3) is 4.13. The molecule has 1 saturated carbocycles. The lowest BCUT2D eigenvalue weighted by atomic mass is 9.76. The summed E-state index contributed by atoms with van der Waals surface area (Å²) in [6.07, 6.45) is 0.838. The van der Waals surface area contributed by atoms with Crippen LogP contribution in [0.15, 0.2) is 18.3 Å². The maximum Gasteiger partial charge on any atom is 0.263 e. The van der Waals surface area contributed by atoms with Crippen LogP contribution in [-0.4, -0.2) is 67.1 Å². The van der Waals surface area contributed by atoms with Gasteiger partial charge in [-0.3, -0.25) is 0 Å². The highest BCUT2D eigenvalue weighted by Crippen LogP contribution is 2.58. The highest BCUT2D eigenvalue weighted by atomic mass is 32.2. The van der Waals surface area contributed by atoms with Crippen LogP contribution in [0.5, 0.6) is 0 Å². The summed E-state index contributed by atoms with van der Waals surface area (Å²) in [5.74, 6) is -3.18. The van der Waals surface area contributed by atoms with Crippen molar-refractivity contribution in [3.63, 3.8) is 0 Å². The van der Waals surface area contributed by atoms with E-state index in [1.54, 1.807) is 0 Å². The normalized spacial score (nSPS) is 25.2. The number of hydrogen-bond donors (Lipinski definition) is 2. The largest absolute Gasteiger partial charge is 0.351 e. The van der Waals surface area contributed by atoms with Crippen LogP contribution in [0, 0.1) is 5.41 Å². The van der Waals surface area contributed by atoms with Gasteiger partial charge in [-0.15, -0.1) is 0 Å². The number of anilines is 1. The van der Waals surface area contributed by atoms with Gasteiger partial charge < -0.3 is 10.6 Å². The van der Waals surface area contributed by atoms with Gasteiger partial charge in [-0.2, -0.15) is 0 Å². The molecule has 0 radical (unpaired) electrons. The standard InChI is InChI=1S/C22H27F4N5O2S/c1-34(32,33)31-4-2-16(3-5-31)29-20-28-10-14-6-13(19(23)24)7-17(18(14)30-20)15-8-21(11-27-12-21)22(25,26)9-15/h6-7,10,15-16,19,27H,2-5,8-9,11-12H2,1H3,(H,28,29,30). The van der Waals surface area contributed by atoms with Crippen molar-refractivity contribution in [2.45, 2.75) is 50.0 Å². The van der Waals surface area contributed by atoms with Crippen LogP contribution in [-0.2, 0) is 10.0 Å². The Balaban J connectivity index is 1.44. The second-order valence-corrected chi connectivity index (χ2v) is 11.8. The fraction of sp³-hybridized carbons (Fsp3) is 0.636. The van der Waals surface area contributed by atoms with Crippen molar-refractivity contribution < 1.29 is 26.0 Å². The molecule has 7 nitrogen and oxygen atoms in total. The molecule has 3 aliphatic rings. The number of rotatable bonds is 5. The van der Waals surface area contributed by atoms with Crippen LogP contribution in [0.25, 0.3) is 10.9 Å². The van der Waals surface area contributed by atoms with Gasteiger partial charge in [-0.1, -0.05) is 0 Å². The van der Waals surface area contributed by atoms with Crippen molar-refractivity contribution in [1.82, 2.24) is 19.6 Å². The van der Waals surface area contributed by atoms with E-state index in [1.807, 2.05) is 0 Å². The summed E-state index contributed by atoms with van der Waals surface area (Å²) >= 11 is 0. The van der Waals surface area contributed by atoms with Crippen molar-refractivity contribution in [3.8, 4) is 0 Å². The van der Waals surface area contributed by atoms with Gasteiger partial charge in [0.1, 0.15) is 0 Å². The Morgan fingerprint density at radius 2 is 1.88 bits per heavy atom. The highest BCUT2D eigenvalue weighted by Gasteiger charge is 2.63. The fourth-order valence-corrected chi connectivity index (χ4v) is 6.36. The van der Waals surface area contributed by atoms with Crippen LogP contribution in [0.2, 0.25) is 0 Å². The van der Waals surface area contributed by atoms with E-state index < -0.39 is 40.1 Å². The maximum absolute atomic E-state index is 14.9. The van der Waals surface area contributed by atoms with E-state index in [9.17, 15) is 26.0 Å². The first kappa shape index (κ1) is 23.7. The van der Waals surface area contributed by atoms with Crippen LogP contribution >= 0.6 is 0 Å². The Labute approximate surface area is 195 Å². The number of sulfonamides is 1. The van der Waals surface area contributed by atoms with Gasteiger partial charge in [0.05, 0.1) is 17.2 Å². The van der Waals surface area contributed by atoms with Crippen LogP contribution in [0.4, 0.5) is 23.5 Å². The minimum absolute atomic E-state index is 0.0561. The van der Waals surface area contributed by atoms with Gasteiger partial charge in [0, 0.05) is 55.8 Å². The minimum Gasteiger partial charge on any atom is -0.351 e. The number of aromatic nitrogens is 2. The predicted molar refractivity (Wildman–Crippen MR) is 120 cm³/mol. The van der Waals surface area contributed by atoms with Crippen molar-refractivity contribution in [1.29, 1.82) is 0 Å². The lowest BCUT2D eigenvalue weighted by Crippen LogP contribution is -2.60. The van der Waals surface area contributed by atoms with Crippen molar-refractivity contribution >= 4 is 26.9 Å². The Hall–Kier alpha value is -2.05. The quantitative estimate of drug-likeness (QED) is 0.610. The summed E-state index contributed by atoms with van der Waals surface area (Å²) in [4.78, 5) is 8.83. The van der Waals surface area contributed by atoms with E-state index in [0.717, 1.165) is 0 Å². The molecule has 1 unspecified atom stereocenters. The summed E-state index contributed by atoms with van der Waals surface area (Å²) in [6, 6.07) is 2.57. The Bertz CT molecular complexity index is 1200. The van der Waals surface area contributed by atoms with Gasteiger partial charge in [-0.25, -0.2) is 40.3 Å². The number of alkyl halides is 4. The smallest absolute Gasteiger partial charge is 0.263 e. The summed E-state index contributed by atoms with van der Waals surface area (Å²) in [5.41, 5.74) is -0.544. The molecule has 34 heavy (non-hydrogen) atoms. The molecule has 0 bridgehead atoms. The summed E-state index contributed by atoms with van der Waals surface area (Å²) < 4.78 is 81.8. The molecule has 1 atom stereocenters. The fourth-order valence-electron chi connectivity index (χ4n) is 5.49. The lowest BCUT2D eigenvalue weighted by molar-refractivity contribution is -0.122. The molecule has 1 aromatic carbocycles. The average molecular weight is 502 g/mol. The first-order chi connectivity index (χ1) is 16.0. The average Bonchev–Trinajstić information content (AvgIpc) is 3.04. The second-order valence-electron chi connectivity index (χ2n) is 9.82. The summed E-state index contributed by atoms with van der Waals surface area (Å²) in [5, 5.41) is 6.52. The van der Waals surface area contributed by atoms with Gasteiger partial charge in [-0.05, 0) is 42.9 Å². The Kier molecular flexibility index (Phi) is 5.76. The molecule has 1 aliphatic carbocycles. The molecule has 2 aromatic rings. The van der Waals surface area contributed by atoms with Crippen LogP contribution in [0.3, 0.4) is 0 Å². The molecule has 2 saturated heterocycles. The van der Waals surface area contributed by atoms with Crippen LogP contribution in [0.1, 0.15) is 49.2 Å². The van der Waals surface area contributed by atoms with Crippen LogP contribution < -0.4 is 10.6 Å². The molecule has 186 valence electrons. The maximum atomic E-state index is 14.9. The first-order valence-electron chi connectivity index (χ1n) is 11.4. The topological polar surface area (TPSA) is 87.2 Å². The number of fused-ring (bicyclic) bond motifs is 1. The van der Waals surface area contributed by atoms with E-state index in [-0.39, 0.29) is 37.1 Å². The molecule has 3 heterocycles. The van der Waals surface area contributed by atoms with E-state index >= 15 is 0 Å². The number of nitrogens with one attached hydrogen (secondary N) is 2. The molecule has 12 heteroatoms. The van der Waals surface area contributed by atoms with E-state index in [2.05, 4.69) is 20.6 Å². The van der Waals surface area contributed by atoms with Crippen molar-refractivity contribution in [3.05, 3.63) is 29.5 Å². The summed E-state index contributed by atoms with van der Waals surface area (Å²) in [7, 11) is -3.25. The zero-order chi connectivity index (χ0) is 24.3. The third-order valence-corrected chi connectivity index (χ3v) is 8.83. The van der Waals surface area contributed by atoms with Gasteiger partial charge in [0.25, 0.3) is 12.3 Å². The number of nitrogens with zero attached hydrogens (tertiary/aromatic N) is 3. The zero-order valence-corrected chi connectivity index (χ0v) is 19.5. The monoisotopic (exact) mass is 501 g/mol. The summed E-state index contributed by atoms with van der Waals surface area (Å²) in [6.45, 7) is 1.19. The second kappa shape index (κ2) is 8.27. The molecular weight excluding hydrogens is 474 g/mol. The molecule has 2 N–H and O–H groups in total. The molecule has 3 fully saturated rings. The van der Waals surface area contributed by atoms with Gasteiger partial charge >= 0.3 is 0 Å². The number of piperidine rings is 1. The van der Waals surface area contributed by atoms with E-state index in [0.29, 0.717) is 42.4 Å².